The molecule has 0 atom stereocenters. The summed E-state index contributed by atoms with van der Waals surface area (Å²) in [6, 6.07) is 15.8. The van der Waals surface area contributed by atoms with Gasteiger partial charge in [-0.1, -0.05) is 37.6 Å². The molecule has 0 spiro atoms. The third-order valence-corrected chi connectivity index (χ3v) is 4.82. The van der Waals surface area contributed by atoms with Crippen LogP contribution in [0.1, 0.15) is 55.8 Å². The van der Waals surface area contributed by atoms with Gasteiger partial charge in [0.2, 0.25) is 0 Å². The SMILES string of the molecule is CCCc1c(C(=O)Nc2cccc(NC(=O)c3ccccc3)c2)[nH]c(C)c1C(=O)OC. The quantitative estimate of drug-likeness (QED) is 0.489. The van der Waals surface area contributed by atoms with Crippen LogP contribution in [0.15, 0.2) is 54.6 Å². The van der Waals surface area contributed by atoms with E-state index in [0.29, 0.717) is 45.9 Å². The molecule has 2 amide bonds. The van der Waals surface area contributed by atoms with Crippen LogP contribution in [-0.2, 0) is 11.2 Å². The van der Waals surface area contributed by atoms with Crippen LogP contribution in [0, 0.1) is 6.92 Å². The van der Waals surface area contributed by atoms with E-state index >= 15 is 0 Å². The van der Waals surface area contributed by atoms with Gasteiger partial charge >= 0.3 is 5.97 Å². The topological polar surface area (TPSA) is 100 Å². The van der Waals surface area contributed by atoms with Crippen LogP contribution in [0.25, 0.3) is 0 Å². The minimum atomic E-state index is -0.470. The summed E-state index contributed by atoms with van der Waals surface area (Å²) < 4.78 is 4.87. The van der Waals surface area contributed by atoms with E-state index < -0.39 is 5.97 Å². The number of amides is 2. The summed E-state index contributed by atoms with van der Waals surface area (Å²) in [6.07, 6.45) is 1.33. The smallest absolute Gasteiger partial charge is 0.339 e. The first-order valence-corrected chi connectivity index (χ1v) is 10.0. The summed E-state index contributed by atoms with van der Waals surface area (Å²) in [4.78, 5) is 40.5. The third kappa shape index (κ3) is 5.01. The number of ether oxygens (including phenoxy) is 1. The number of aromatic amines is 1. The van der Waals surface area contributed by atoms with E-state index in [0.717, 1.165) is 6.42 Å². The van der Waals surface area contributed by atoms with Crippen molar-refractivity contribution in [1.82, 2.24) is 4.98 Å². The van der Waals surface area contributed by atoms with Crippen molar-refractivity contribution in [2.24, 2.45) is 0 Å². The Bertz CT molecular complexity index is 1100. The second kappa shape index (κ2) is 9.75. The summed E-state index contributed by atoms with van der Waals surface area (Å²) in [5.74, 6) is -1.08. The number of carbonyl (C=O) groups excluding carboxylic acids is 3. The molecule has 3 aromatic rings. The maximum absolute atomic E-state index is 13.0. The molecular formula is C24H25N3O4. The number of anilines is 2. The van der Waals surface area contributed by atoms with Gasteiger partial charge in [-0.05, 0) is 49.2 Å². The van der Waals surface area contributed by atoms with Gasteiger partial charge in [0.25, 0.3) is 11.8 Å². The Balaban J connectivity index is 1.80. The van der Waals surface area contributed by atoms with Crippen molar-refractivity contribution in [3.63, 3.8) is 0 Å². The summed E-state index contributed by atoms with van der Waals surface area (Å²) in [7, 11) is 1.32. The molecule has 3 rings (SSSR count). The fourth-order valence-corrected chi connectivity index (χ4v) is 3.41. The van der Waals surface area contributed by atoms with Gasteiger partial charge in [0.15, 0.2) is 0 Å². The van der Waals surface area contributed by atoms with Crippen molar-refractivity contribution in [3.05, 3.63) is 82.7 Å². The number of rotatable bonds is 7. The molecule has 0 unspecified atom stereocenters. The molecule has 2 aromatic carbocycles. The maximum atomic E-state index is 13.0. The normalized spacial score (nSPS) is 10.4. The van der Waals surface area contributed by atoms with Crippen LogP contribution in [0.3, 0.4) is 0 Å². The number of H-pyrrole nitrogens is 1. The van der Waals surface area contributed by atoms with E-state index in [-0.39, 0.29) is 11.8 Å². The van der Waals surface area contributed by atoms with E-state index in [4.69, 9.17) is 4.74 Å². The van der Waals surface area contributed by atoms with Gasteiger partial charge in [0.05, 0.1) is 12.7 Å². The molecule has 1 aromatic heterocycles. The number of benzene rings is 2. The number of aryl methyl sites for hydroxylation is 1. The zero-order chi connectivity index (χ0) is 22.4. The van der Waals surface area contributed by atoms with Gasteiger partial charge < -0.3 is 20.4 Å². The Labute approximate surface area is 180 Å². The predicted octanol–water partition coefficient (Wildman–Crippen LogP) is 4.57. The Morgan fingerprint density at radius 2 is 1.58 bits per heavy atom. The molecule has 7 nitrogen and oxygen atoms in total. The van der Waals surface area contributed by atoms with Crippen molar-refractivity contribution in [1.29, 1.82) is 0 Å². The first-order chi connectivity index (χ1) is 14.9. The molecule has 0 aliphatic carbocycles. The van der Waals surface area contributed by atoms with Crippen LogP contribution >= 0.6 is 0 Å². The number of nitrogens with one attached hydrogen (secondary N) is 3. The second-order valence-electron chi connectivity index (χ2n) is 7.08. The van der Waals surface area contributed by atoms with Crippen LogP contribution < -0.4 is 10.6 Å². The Morgan fingerprint density at radius 3 is 2.19 bits per heavy atom. The van der Waals surface area contributed by atoms with E-state index in [9.17, 15) is 14.4 Å². The number of methoxy groups -OCH3 is 1. The highest BCUT2D eigenvalue weighted by atomic mass is 16.5. The lowest BCUT2D eigenvalue weighted by atomic mass is 10.0. The molecule has 7 heteroatoms. The van der Waals surface area contributed by atoms with Crippen LogP contribution in [0.5, 0.6) is 0 Å². The highest BCUT2D eigenvalue weighted by molar-refractivity contribution is 6.08. The molecule has 1 heterocycles. The first-order valence-electron chi connectivity index (χ1n) is 10.0. The summed E-state index contributed by atoms with van der Waals surface area (Å²) in [5.41, 5.74) is 3.57. The fraction of sp³-hybridized carbons (Fsp3) is 0.208. The summed E-state index contributed by atoms with van der Waals surface area (Å²) >= 11 is 0. The highest BCUT2D eigenvalue weighted by Gasteiger charge is 2.24. The van der Waals surface area contributed by atoms with Gasteiger partial charge in [-0.15, -0.1) is 0 Å². The van der Waals surface area contributed by atoms with Gasteiger partial charge in [0.1, 0.15) is 5.69 Å². The lowest BCUT2D eigenvalue weighted by Crippen LogP contribution is -2.16. The number of carbonyl (C=O) groups is 3. The minimum absolute atomic E-state index is 0.239. The second-order valence-corrected chi connectivity index (χ2v) is 7.08. The monoisotopic (exact) mass is 419 g/mol. The zero-order valence-electron chi connectivity index (χ0n) is 17.7. The van der Waals surface area contributed by atoms with Crippen LogP contribution in [0.4, 0.5) is 11.4 Å². The van der Waals surface area contributed by atoms with Crippen LogP contribution in [0.2, 0.25) is 0 Å². The molecular weight excluding hydrogens is 394 g/mol. The van der Waals surface area contributed by atoms with Crippen molar-refractivity contribution in [2.45, 2.75) is 26.7 Å². The summed E-state index contributed by atoms with van der Waals surface area (Å²) in [6.45, 7) is 3.71. The van der Waals surface area contributed by atoms with Crippen molar-refractivity contribution in [2.75, 3.05) is 17.7 Å². The van der Waals surface area contributed by atoms with Crippen molar-refractivity contribution in [3.8, 4) is 0 Å². The zero-order valence-corrected chi connectivity index (χ0v) is 17.7. The largest absolute Gasteiger partial charge is 0.465 e. The Hall–Kier alpha value is -3.87. The highest BCUT2D eigenvalue weighted by Crippen LogP contribution is 2.23. The number of esters is 1. The van der Waals surface area contributed by atoms with E-state index in [2.05, 4.69) is 15.6 Å². The van der Waals surface area contributed by atoms with Gasteiger partial charge in [-0.25, -0.2) is 4.79 Å². The third-order valence-electron chi connectivity index (χ3n) is 4.82. The number of aromatic nitrogens is 1. The maximum Gasteiger partial charge on any atom is 0.339 e. The van der Waals surface area contributed by atoms with Crippen LogP contribution in [-0.4, -0.2) is 29.9 Å². The molecule has 160 valence electrons. The molecule has 0 fully saturated rings. The van der Waals surface area contributed by atoms with E-state index in [1.807, 2.05) is 13.0 Å². The molecule has 3 N–H and O–H groups in total. The van der Waals surface area contributed by atoms with Gasteiger partial charge in [-0.3, -0.25) is 9.59 Å². The lowest BCUT2D eigenvalue weighted by molar-refractivity contribution is 0.0598. The standard InChI is InChI=1S/C24H25N3O4/c1-4-9-19-20(24(30)31-3)15(2)25-21(19)23(29)27-18-13-8-12-17(14-18)26-22(28)16-10-6-5-7-11-16/h5-8,10-14,25H,4,9H2,1-3H3,(H,26,28)(H,27,29). The van der Waals surface area contributed by atoms with E-state index in [1.54, 1.807) is 55.5 Å². The molecule has 0 bridgehead atoms. The number of hydrogen-bond acceptors (Lipinski definition) is 4. The molecule has 0 aliphatic heterocycles. The summed E-state index contributed by atoms with van der Waals surface area (Å²) in [5, 5.41) is 5.65. The van der Waals surface area contributed by atoms with Gasteiger partial charge in [0, 0.05) is 22.6 Å². The molecule has 0 radical (unpaired) electrons. The molecule has 0 aliphatic rings. The predicted molar refractivity (Wildman–Crippen MR) is 120 cm³/mol. The Morgan fingerprint density at radius 1 is 0.935 bits per heavy atom. The minimum Gasteiger partial charge on any atom is -0.465 e. The van der Waals surface area contributed by atoms with Crippen molar-refractivity contribution >= 4 is 29.2 Å². The molecule has 0 saturated carbocycles. The average Bonchev–Trinajstić information content (AvgIpc) is 3.10. The first kappa shape index (κ1) is 21.8. The molecule has 0 saturated heterocycles. The Kier molecular flexibility index (Phi) is 6.87. The van der Waals surface area contributed by atoms with Gasteiger partial charge in [-0.2, -0.15) is 0 Å². The number of hydrogen-bond donors (Lipinski definition) is 3. The molecule has 31 heavy (non-hydrogen) atoms. The lowest BCUT2D eigenvalue weighted by Gasteiger charge is -2.10. The van der Waals surface area contributed by atoms with Crippen molar-refractivity contribution < 1.29 is 19.1 Å². The van der Waals surface area contributed by atoms with E-state index in [1.165, 1.54) is 7.11 Å². The fourth-order valence-electron chi connectivity index (χ4n) is 3.41. The average molecular weight is 419 g/mol.